The molecule has 160 valence electrons. The van der Waals surface area contributed by atoms with E-state index in [4.69, 9.17) is 0 Å². The monoisotopic (exact) mass is 423 g/mol. The molecule has 3 aromatic rings. The van der Waals surface area contributed by atoms with E-state index in [-0.39, 0.29) is 23.7 Å². The van der Waals surface area contributed by atoms with E-state index >= 15 is 0 Å². The van der Waals surface area contributed by atoms with Crippen molar-refractivity contribution in [1.82, 2.24) is 24.2 Å². The first-order valence-corrected chi connectivity index (χ1v) is 10.3. The average Bonchev–Trinajstić information content (AvgIpc) is 3.42. The van der Waals surface area contributed by atoms with Crippen LogP contribution in [0.15, 0.2) is 52.3 Å². The highest BCUT2D eigenvalue weighted by Crippen LogP contribution is 2.40. The van der Waals surface area contributed by atoms with Crippen molar-refractivity contribution in [3.05, 3.63) is 86.2 Å². The quantitative estimate of drug-likeness (QED) is 0.645. The van der Waals surface area contributed by atoms with Gasteiger partial charge in [-0.3, -0.25) is 19.0 Å². The van der Waals surface area contributed by atoms with E-state index in [1.54, 1.807) is 30.6 Å². The summed E-state index contributed by atoms with van der Waals surface area (Å²) < 4.78 is 15.8. The maximum atomic E-state index is 13.1. The van der Waals surface area contributed by atoms with Crippen LogP contribution < -0.4 is 11.1 Å². The van der Waals surface area contributed by atoms with E-state index in [9.17, 15) is 18.8 Å². The molecule has 0 unspecified atom stereocenters. The van der Waals surface area contributed by atoms with Gasteiger partial charge >= 0.3 is 11.1 Å². The summed E-state index contributed by atoms with van der Waals surface area (Å²) in [6.07, 6.45) is 5.51. The molecule has 0 atom stereocenters. The summed E-state index contributed by atoms with van der Waals surface area (Å²) in [5.41, 5.74) is -0.0821. The fraction of sp³-hybridized carbons (Fsp3) is 0.364. The number of benzene rings is 1. The van der Waals surface area contributed by atoms with Gasteiger partial charge in [-0.05, 0) is 42.0 Å². The lowest BCUT2D eigenvalue weighted by Gasteiger charge is -2.38. The van der Waals surface area contributed by atoms with Crippen LogP contribution in [0.25, 0.3) is 0 Å². The van der Waals surface area contributed by atoms with Gasteiger partial charge in [0.2, 0.25) is 0 Å². The third-order valence-electron chi connectivity index (χ3n) is 6.44. The Balaban J connectivity index is 1.34. The van der Waals surface area contributed by atoms with Gasteiger partial charge in [-0.1, -0.05) is 12.1 Å². The van der Waals surface area contributed by atoms with E-state index in [1.807, 2.05) is 4.90 Å². The number of nitrogens with one attached hydrogen (secondary N) is 1. The lowest BCUT2D eigenvalue weighted by atomic mass is 9.77. The zero-order valence-corrected chi connectivity index (χ0v) is 16.9. The van der Waals surface area contributed by atoms with E-state index < -0.39 is 11.1 Å². The molecule has 0 radical (unpaired) electrons. The Morgan fingerprint density at radius 3 is 2.52 bits per heavy atom. The lowest BCUT2D eigenvalue weighted by molar-refractivity contribution is 0.0575. The Labute approximate surface area is 176 Å². The van der Waals surface area contributed by atoms with Crippen LogP contribution in [0, 0.1) is 11.2 Å². The molecule has 0 bridgehead atoms. The number of halogens is 1. The molecule has 1 spiro atoms. The molecule has 1 amide bonds. The first-order valence-electron chi connectivity index (χ1n) is 10.3. The number of fused-ring (bicyclic) bond motifs is 1. The number of H-pyrrole nitrogens is 1. The molecule has 1 aromatic carbocycles. The first-order chi connectivity index (χ1) is 14.9. The zero-order chi connectivity index (χ0) is 21.6. The molecule has 9 heteroatoms. The molecule has 1 fully saturated rings. The number of rotatable bonds is 3. The molecule has 0 saturated carbocycles. The van der Waals surface area contributed by atoms with Crippen molar-refractivity contribution in [2.24, 2.45) is 5.41 Å². The second-order valence-electron chi connectivity index (χ2n) is 8.47. The Hall–Kier alpha value is -3.49. The SMILES string of the molecule is O=C(c1cc[nH]c1)N1CCC2(CC1)Cc1nn(Cc3ccc(F)cc3)c(=O)c(=O)n1C2. The van der Waals surface area contributed by atoms with Gasteiger partial charge in [-0.2, -0.15) is 5.10 Å². The number of nitrogens with zero attached hydrogens (tertiary/aromatic N) is 4. The molecule has 1 saturated heterocycles. The largest absolute Gasteiger partial charge is 0.367 e. The summed E-state index contributed by atoms with van der Waals surface area (Å²) >= 11 is 0. The Morgan fingerprint density at radius 1 is 1.10 bits per heavy atom. The standard InChI is InChI=1S/C22H22FN5O3/c23-17-3-1-15(2-4-17)13-28-21(31)20(30)27-14-22(11-18(27)25-28)6-9-26(10-7-22)19(29)16-5-8-24-12-16/h1-5,8,12,24H,6-7,9-11,13-14H2. The van der Waals surface area contributed by atoms with Crippen molar-refractivity contribution < 1.29 is 9.18 Å². The minimum absolute atomic E-state index is 0.000821. The summed E-state index contributed by atoms with van der Waals surface area (Å²) in [5, 5.41) is 4.46. The lowest BCUT2D eigenvalue weighted by Crippen LogP contribution is -2.45. The van der Waals surface area contributed by atoms with Gasteiger partial charge in [0.1, 0.15) is 11.6 Å². The van der Waals surface area contributed by atoms with Crippen molar-refractivity contribution in [2.45, 2.75) is 32.4 Å². The highest BCUT2D eigenvalue weighted by Gasteiger charge is 2.43. The predicted molar refractivity (Wildman–Crippen MR) is 110 cm³/mol. The molecule has 1 N–H and O–H groups in total. The number of likely N-dealkylation sites (tertiary alicyclic amines) is 1. The van der Waals surface area contributed by atoms with Crippen LogP contribution in [0.5, 0.6) is 0 Å². The topological polar surface area (TPSA) is 93.0 Å². The maximum Gasteiger partial charge on any atom is 0.332 e. The molecule has 5 rings (SSSR count). The number of hydrogen-bond donors (Lipinski definition) is 1. The first kappa shape index (κ1) is 19.5. The normalized spacial score (nSPS) is 17.1. The second kappa shape index (κ2) is 7.33. The van der Waals surface area contributed by atoms with Crippen LogP contribution in [-0.2, 0) is 19.5 Å². The fourth-order valence-corrected chi connectivity index (χ4v) is 4.63. The average molecular weight is 423 g/mol. The van der Waals surface area contributed by atoms with Gasteiger partial charge in [-0.25, -0.2) is 9.07 Å². The smallest absolute Gasteiger partial charge is 0.332 e. The van der Waals surface area contributed by atoms with Crippen molar-refractivity contribution in [1.29, 1.82) is 0 Å². The van der Waals surface area contributed by atoms with Crippen LogP contribution in [0.4, 0.5) is 4.39 Å². The van der Waals surface area contributed by atoms with Crippen LogP contribution in [0.3, 0.4) is 0 Å². The van der Waals surface area contributed by atoms with Gasteiger partial charge in [0, 0.05) is 38.4 Å². The number of carbonyl (C=O) groups is 1. The number of aromatic amines is 1. The van der Waals surface area contributed by atoms with Crippen LogP contribution in [0.1, 0.15) is 34.6 Å². The van der Waals surface area contributed by atoms with Crippen molar-refractivity contribution >= 4 is 5.91 Å². The second-order valence-corrected chi connectivity index (χ2v) is 8.47. The summed E-state index contributed by atoms with van der Waals surface area (Å²) in [7, 11) is 0. The van der Waals surface area contributed by atoms with Crippen molar-refractivity contribution in [2.75, 3.05) is 13.1 Å². The van der Waals surface area contributed by atoms with Gasteiger partial charge in [0.05, 0.1) is 12.1 Å². The van der Waals surface area contributed by atoms with Crippen LogP contribution in [0.2, 0.25) is 0 Å². The summed E-state index contributed by atoms with van der Waals surface area (Å²) in [5.74, 6) is 0.236. The highest BCUT2D eigenvalue weighted by atomic mass is 19.1. The molecule has 2 aromatic heterocycles. The number of aromatic nitrogens is 4. The minimum Gasteiger partial charge on any atom is -0.367 e. The minimum atomic E-state index is -0.676. The number of amides is 1. The summed E-state index contributed by atoms with van der Waals surface area (Å²) in [6, 6.07) is 7.55. The van der Waals surface area contributed by atoms with Gasteiger partial charge in [0.25, 0.3) is 5.91 Å². The molecule has 0 aliphatic carbocycles. The molecule has 2 aliphatic rings. The molecular weight excluding hydrogens is 401 g/mol. The Bertz CT molecular complexity index is 1240. The third kappa shape index (κ3) is 3.49. The third-order valence-corrected chi connectivity index (χ3v) is 6.44. The Kier molecular flexibility index (Phi) is 4.60. The summed E-state index contributed by atoms with van der Waals surface area (Å²) in [4.78, 5) is 42.7. The molecule has 31 heavy (non-hydrogen) atoms. The molecule has 2 aliphatic heterocycles. The van der Waals surface area contributed by atoms with E-state index in [2.05, 4.69) is 10.1 Å². The highest BCUT2D eigenvalue weighted by molar-refractivity contribution is 5.94. The van der Waals surface area contributed by atoms with Crippen molar-refractivity contribution in [3.8, 4) is 0 Å². The fourth-order valence-electron chi connectivity index (χ4n) is 4.63. The summed E-state index contributed by atoms with van der Waals surface area (Å²) in [6.45, 7) is 1.78. The molecular formula is C22H22FN5O3. The number of carbonyl (C=O) groups excluding carboxylic acids is 1. The number of hydrogen-bond acceptors (Lipinski definition) is 4. The van der Waals surface area contributed by atoms with Crippen LogP contribution in [-0.4, -0.2) is 43.2 Å². The molecule has 8 nitrogen and oxygen atoms in total. The van der Waals surface area contributed by atoms with Crippen LogP contribution >= 0.6 is 0 Å². The van der Waals surface area contributed by atoms with Gasteiger partial charge < -0.3 is 9.88 Å². The maximum absolute atomic E-state index is 13.1. The Morgan fingerprint density at radius 2 is 1.84 bits per heavy atom. The number of piperidine rings is 1. The van der Waals surface area contributed by atoms with E-state index in [0.717, 1.165) is 12.8 Å². The van der Waals surface area contributed by atoms with Gasteiger partial charge in [0.15, 0.2) is 0 Å². The van der Waals surface area contributed by atoms with Crippen molar-refractivity contribution in [3.63, 3.8) is 0 Å². The van der Waals surface area contributed by atoms with Gasteiger partial charge in [-0.15, -0.1) is 0 Å². The van der Waals surface area contributed by atoms with E-state index in [0.29, 0.717) is 43.0 Å². The zero-order valence-electron chi connectivity index (χ0n) is 16.9. The molecule has 4 heterocycles. The van der Waals surface area contributed by atoms with E-state index in [1.165, 1.54) is 21.4 Å². The predicted octanol–water partition coefficient (Wildman–Crippen LogP) is 1.40.